The molecule has 25 heavy (non-hydrogen) atoms. The van der Waals surface area contributed by atoms with E-state index in [1.807, 2.05) is 0 Å². The van der Waals surface area contributed by atoms with Gasteiger partial charge in [-0.05, 0) is 61.6 Å². The summed E-state index contributed by atoms with van der Waals surface area (Å²) in [5.41, 5.74) is 0.855. The second-order valence-electron chi connectivity index (χ2n) is 5.47. The number of halogens is 3. The Hall–Kier alpha value is -1.73. The van der Waals surface area contributed by atoms with Crippen molar-refractivity contribution in [3.8, 4) is 0 Å². The predicted molar refractivity (Wildman–Crippen MR) is 102 cm³/mol. The van der Waals surface area contributed by atoms with Crippen LogP contribution in [0.2, 0.25) is 0 Å². The van der Waals surface area contributed by atoms with Gasteiger partial charge in [-0.3, -0.25) is 0 Å². The van der Waals surface area contributed by atoms with Crippen LogP contribution < -0.4 is 10.6 Å². The van der Waals surface area contributed by atoms with E-state index in [4.69, 9.17) is 12.2 Å². The van der Waals surface area contributed by atoms with Crippen molar-refractivity contribution in [2.24, 2.45) is 0 Å². The standard InChI is InChI=1S/C18H19F3N2S2/c1-13-6-8-16(9-7-13)25-11-3-10-22-17(24)23-15-5-2-4-14(12-15)18(19,20)21/h2,4-9,12H,3,10-11H2,1H3,(H2,22,23,24). The number of hydrogen-bond donors (Lipinski definition) is 2. The van der Waals surface area contributed by atoms with E-state index in [1.54, 1.807) is 17.8 Å². The zero-order chi connectivity index (χ0) is 18.3. The zero-order valence-corrected chi connectivity index (χ0v) is 15.3. The van der Waals surface area contributed by atoms with Crippen LogP contribution >= 0.6 is 24.0 Å². The molecule has 7 heteroatoms. The minimum Gasteiger partial charge on any atom is -0.362 e. The molecule has 0 amide bonds. The molecule has 0 aromatic heterocycles. The third kappa shape index (κ3) is 6.96. The smallest absolute Gasteiger partial charge is 0.362 e. The van der Waals surface area contributed by atoms with E-state index in [9.17, 15) is 13.2 Å². The largest absolute Gasteiger partial charge is 0.416 e. The second kappa shape index (κ2) is 9.10. The maximum Gasteiger partial charge on any atom is 0.416 e. The first-order chi connectivity index (χ1) is 11.8. The number of hydrogen-bond acceptors (Lipinski definition) is 2. The fourth-order valence-electron chi connectivity index (χ4n) is 2.05. The van der Waals surface area contributed by atoms with Gasteiger partial charge in [-0.2, -0.15) is 13.2 Å². The van der Waals surface area contributed by atoms with Crippen molar-refractivity contribution >= 4 is 34.8 Å². The Bertz CT molecular complexity index is 700. The average molecular weight is 384 g/mol. The molecule has 2 N–H and O–H groups in total. The van der Waals surface area contributed by atoms with E-state index >= 15 is 0 Å². The molecule has 0 spiro atoms. The van der Waals surface area contributed by atoms with E-state index in [1.165, 1.54) is 16.5 Å². The Morgan fingerprint density at radius 1 is 1.12 bits per heavy atom. The van der Waals surface area contributed by atoms with Gasteiger partial charge in [0.15, 0.2) is 5.11 Å². The van der Waals surface area contributed by atoms with Crippen LogP contribution in [-0.4, -0.2) is 17.4 Å². The molecule has 2 aromatic rings. The van der Waals surface area contributed by atoms with Crippen molar-refractivity contribution < 1.29 is 13.2 Å². The molecule has 0 fully saturated rings. The van der Waals surface area contributed by atoms with Crippen molar-refractivity contribution in [2.45, 2.75) is 24.4 Å². The van der Waals surface area contributed by atoms with Gasteiger partial charge >= 0.3 is 6.18 Å². The molecule has 0 aliphatic carbocycles. The lowest BCUT2D eigenvalue weighted by Gasteiger charge is -2.12. The fraction of sp³-hybridized carbons (Fsp3) is 0.278. The summed E-state index contributed by atoms with van der Waals surface area (Å²) >= 11 is 6.88. The molecule has 0 saturated heterocycles. The molecule has 0 aliphatic rings. The van der Waals surface area contributed by atoms with Gasteiger partial charge in [0.25, 0.3) is 0 Å². The van der Waals surface area contributed by atoms with Crippen LogP contribution in [0.15, 0.2) is 53.4 Å². The number of anilines is 1. The normalized spacial score (nSPS) is 11.2. The first-order valence-corrected chi connectivity index (χ1v) is 9.15. The summed E-state index contributed by atoms with van der Waals surface area (Å²) < 4.78 is 38.0. The number of nitrogens with one attached hydrogen (secondary N) is 2. The molecule has 0 aliphatic heterocycles. The van der Waals surface area contributed by atoms with Crippen molar-refractivity contribution in [1.29, 1.82) is 0 Å². The number of benzene rings is 2. The number of alkyl halides is 3. The van der Waals surface area contributed by atoms with Gasteiger partial charge in [0, 0.05) is 17.1 Å². The highest BCUT2D eigenvalue weighted by atomic mass is 32.2. The van der Waals surface area contributed by atoms with Crippen molar-refractivity contribution in [1.82, 2.24) is 5.32 Å². The topological polar surface area (TPSA) is 24.1 Å². The number of thiocarbonyl (C=S) groups is 1. The summed E-state index contributed by atoms with van der Waals surface area (Å²) in [4.78, 5) is 1.22. The lowest BCUT2D eigenvalue weighted by atomic mass is 10.2. The van der Waals surface area contributed by atoms with Gasteiger partial charge in [-0.1, -0.05) is 23.8 Å². The van der Waals surface area contributed by atoms with Crippen molar-refractivity contribution in [3.05, 3.63) is 59.7 Å². The average Bonchev–Trinajstić information content (AvgIpc) is 2.56. The van der Waals surface area contributed by atoms with Crippen LogP contribution in [-0.2, 0) is 6.18 Å². The third-order valence-electron chi connectivity index (χ3n) is 3.34. The Kier molecular flexibility index (Phi) is 7.13. The van der Waals surface area contributed by atoms with Crippen LogP contribution in [0, 0.1) is 6.92 Å². The first-order valence-electron chi connectivity index (χ1n) is 7.76. The Balaban J connectivity index is 1.69. The minimum absolute atomic E-state index is 0.319. The molecule has 0 bridgehead atoms. The molecular formula is C18H19F3N2S2. The van der Waals surface area contributed by atoms with E-state index in [0.717, 1.165) is 24.3 Å². The number of aryl methyl sites for hydroxylation is 1. The molecule has 0 atom stereocenters. The molecule has 0 saturated carbocycles. The molecule has 2 rings (SSSR count). The summed E-state index contributed by atoms with van der Waals surface area (Å²) in [5, 5.41) is 6.11. The van der Waals surface area contributed by atoms with Crippen molar-refractivity contribution in [2.75, 3.05) is 17.6 Å². The Morgan fingerprint density at radius 2 is 1.84 bits per heavy atom. The Morgan fingerprint density at radius 3 is 2.52 bits per heavy atom. The fourth-order valence-corrected chi connectivity index (χ4v) is 3.12. The SMILES string of the molecule is Cc1ccc(SCCCNC(=S)Nc2cccc(C(F)(F)F)c2)cc1. The van der Waals surface area contributed by atoms with Crippen LogP contribution in [0.4, 0.5) is 18.9 Å². The second-order valence-corrected chi connectivity index (χ2v) is 7.05. The summed E-state index contributed by atoms with van der Waals surface area (Å²) in [6.45, 7) is 2.71. The minimum atomic E-state index is -4.36. The highest BCUT2D eigenvalue weighted by Gasteiger charge is 2.30. The number of thioether (sulfide) groups is 1. The summed E-state index contributed by atoms with van der Waals surface area (Å²) in [7, 11) is 0. The molecular weight excluding hydrogens is 365 g/mol. The maximum atomic E-state index is 12.7. The van der Waals surface area contributed by atoms with E-state index in [0.29, 0.717) is 17.3 Å². The predicted octanol–water partition coefficient (Wildman–Crippen LogP) is 5.48. The summed E-state index contributed by atoms with van der Waals surface area (Å²) in [6.07, 6.45) is -3.47. The quantitative estimate of drug-likeness (QED) is 0.391. The first kappa shape index (κ1) is 19.6. The van der Waals surface area contributed by atoms with Gasteiger partial charge < -0.3 is 10.6 Å². The summed E-state index contributed by atoms with van der Waals surface area (Å²) in [6, 6.07) is 13.3. The van der Waals surface area contributed by atoms with E-state index < -0.39 is 11.7 Å². The van der Waals surface area contributed by atoms with Gasteiger partial charge in [-0.15, -0.1) is 11.8 Å². The molecule has 0 unspecified atom stereocenters. The third-order valence-corrected chi connectivity index (χ3v) is 4.69. The molecule has 134 valence electrons. The molecule has 2 aromatic carbocycles. The monoisotopic (exact) mass is 384 g/mol. The van der Waals surface area contributed by atoms with Crippen molar-refractivity contribution in [3.63, 3.8) is 0 Å². The molecule has 0 heterocycles. The lowest BCUT2D eigenvalue weighted by molar-refractivity contribution is -0.137. The highest BCUT2D eigenvalue weighted by molar-refractivity contribution is 7.99. The van der Waals surface area contributed by atoms with Crippen LogP contribution in [0.25, 0.3) is 0 Å². The van der Waals surface area contributed by atoms with E-state index in [2.05, 4.69) is 41.8 Å². The Labute approximate surface area is 155 Å². The molecule has 0 radical (unpaired) electrons. The zero-order valence-electron chi connectivity index (χ0n) is 13.7. The molecule has 2 nitrogen and oxygen atoms in total. The maximum absolute atomic E-state index is 12.7. The van der Waals surface area contributed by atoms with Gasteiger partial charge in [0.05, 0.1) is 5.56 Å². The van der Waals surface area contributed by atoms with Gasteiger partial charge in [0.2, 0.25) is 0 Å². The lowest BCUT2D eigenvalue weighted by Crippen LogP contribution is -2.29. The van der Waals surface area contributed by atoms with Crippen LogP contribution in [0.3, 0.4) is 0 Å². The number of rotatable bonds is 6. The van der Waals surface area contributed by atoms with Crippen LogP contribution in [0.1, 0.15) is 17.5 Å². The van der Waals surface area contributed by atoms with Gasteiger partial charge in [-0.25, -0.2) is 0 Å². The van der Waals surface area contributed by atoms with E-state index in [-0.39, 0.29) is 0 Å². The van der Waals surface area contributed by atoms with Crippen LogP contribution in [0.5, 0.6) is 0 Å². The highest BCUT2D eigenvalue weighted by Crippen LogP contribution is 2.30. The van der Waals surface area contributed by atoms with Gasteiger partial charge in [0.1, 0.15) is 0 Å². The summed E-state index contributed by atoms with van der Waals surface area (Å²) in [5.74, 6) is 0.933.